The lowest BCUT2D eigenvalue weighted by atomic mass is 10.2. The summed E-state index contributed by atoms with van der Waals surface area (Å²) in [5.41, 5.74) is 0. The SMILES string of the molecule is CC.COCCN1CCN(CC(C)C)CC1. The van der Waals surface area contributed by atoms with Gasteiger partial charge in [0.25, 0.3) is 0 Å². The second kappa shape index (κ2) is 10.1. The summed E-state index contributed by atoms with van der Waals surface area (Å²) >= 11 is 0. The predicted molar refractivity (Wildman–Crippen MR) is 70.9 cm³/mol. The second-order valence-electron chi connectivity index (χ2n) is 4.53. The van der Waals surface area contributed by atoms with Crippen molar-refractivity contribution in [1.82, 2.24) is 9.80 Å². The first kappa shape index (κ1) is 15.9. The Hall–Kier alpha value is -0.120. The lowest BCUT2D eigenvalue weighted by molar-refractivity contribution is 0.0916. The van der Waals surface area contributed by atoms with Crippen molar-refractivity contribution in [3.8, 4) is 0 Å². The van der Waals surface area contributed by atoms with Gasteiger partial charge in [0.1, 0.15) is 0 Å². The first-order chi connectivity index (χ1) is 7.72. The summed E-state index contributed by atoms with van der Waals surface area (Å²) in [5.74, 6) is 0.792. The van der Waals surface area contributed by atoms with Gasteiger partial charge in [-0.1, -0.05) is 27.7 Å². The van der Waals surface area contributed by atoms with E-state index in [1.54, 1.807) is 7.11 Å². The summed E-state index contributed by atoms with van der Waals surface area (Å²) in [6.45, 7) is 16.6. The van der Waals surface area contributed by atoms with E-state index in [1.807, 2.05) is 13.8 Å². The van der Waals surface area contributed by atoms with Gasteiger partial charge in [0, 0.05) is 46.4 Å². The number of piperazine rings is 1. The molecule has 0 aliphatic carbocycles. The van der Waals surface area contributed by atoms with Crippen molar-refractivity contribution in [2.75, 3.05) is 53.0 Å². The van der Waals surface area contributed by atoms with Gasteiger partial charge in [-0.3, -0.25) is 4.90 Å². The molecule has 98 valence electrons. The second-order valence-corrected chi connectivity index (χ2v) is 4.53. The molecule has 1 heterocycles. The Bertz CT molecular complexity index is 143. The number of hydrogen-bond acceptors (Lipinski definition) is 3. The van der Waals surface area contributed by atoms with E-state index in [2.05, 4.69) is 23.6 Å². The van der Waals surface area contributed by atoms with Crippen molar-refractivity contribution in [1.29, 1.82) is 0 Å². The van der Waals surface area contributed by atoms with Crippen LogP contribution in [0.25, 0.3) is 0 Å². The van der Waals surface area contributed by atoms with Crippen LogP contribution < -0.4 is 0 Å². The molecular formula is C13H30N2O. The van der Waals surface area contributed by atoms with Crippen LogP contribution in [0.1, 0.15) is 27.7 Å². The van der Waals surface area contributed by atoms with E-state index >= 15 is 0 Å². The zero-order chi connectivity index (χ0) is 12.4. The number of nitrogens with zero attached hydrogens (tertiary/aromatic N) is 2. The van der Waals surface area contributed by atoms with Crippen LogP contribution >= 0.6 is 0 Å². The minimum Gasteiger partial charge on any atom is -0.383 e. The van der Waals surface area contributed by atoms with Gasteiger partial charge in [-0.2, -0.15) is 0 Å². The zero-order valence-electron chi connectivity index (χ0n) is 11.8. The van der Waals surface area contributed by atoms with Crippen LogP contribution in [0.15, 0.2) is 0 Å². The van der Waals surface area contributed by atoms with Crippen LogP contribution in [0.2, 0.25) is 0 Å². The first-order valence-electron chi connectivity index (χ1n) is 6.66. The lowest BCUT2D eigenvalue weighted by Crippen LogP contribution is -2.48. The minimum atomic E-state index is 0.792. The van der Waals surface area contributed by atoms with Crippen molar-refractivity contribution in [3.63, 3.8) is 0 Å². The van der Waals surface area contributed by atoms with Crippen LogP contribution in [0.3, 0.4) is 0 Å². The Balaban J connectivity index is 0.00000106. The normalized spacial score (nSPS) is 18.4. The molecule has 0 aromatic heterocycles. The van der Waals surface area contributed by atoms with Gasteiger partial charge in [-0.05, 0) is 5.92 Å². The summed E-state index contributed by atoms with van der Waals surface area (Å²) in [5, 5.41) is 0. The Morgan fingerprint density at radius 2 is 1.50 bits per heavy atom. The van der Waals surface area contributed by atoms with E-state index in [-0.39, 0.29) is 0 Å². The van der Waals surface area contributed by atoms with Gasteiger partial charge < -0.3 is 9.64 Å². The highest BCUT2D eigenvalue weighted by molar-refractivity contribution is 4.72. The molecule has 1 rings (SSSR count). The first-order valence-corrected chi connectivity index (χ1v) is 6.66. The van der Waals surface area contributed by atoms with Crippen molar-refractivity contribution in [2.45, 2.75) is 27.7 Å². The number of rotatable bonds is 5. The van der Waals surface area contributed by atoms with Crippen molar-refractivity contribution in [3.05, 3.63) is 0 Å². The molecule has 0 radical (unpaired) electrons. The lowest BCUT2D eigenvalue weighted by Gasteiger charge is -2.35. The fourth-order valence-corrected chi connectivity index (χ4v) is 1.93. The Kier molecular flexibility index (Phi) is 9.99. The van der Waals surface area contributed by atoms with Crippen molar-refractivity contribution in [2.24, 2.45) is 5.92 Å². The van der Waals surface area contributed by atoms with Gasteiger partial charge in [-0.15, -0.1) is 0 Å². The molecule has 0 saturated carbocycles. The summed E-state index contributed by atoms with van der Waals surface area (Å²) < 4.78 is 5.08. The highest BCUT2D eigenvalue weighted by Crippen LogP contribution is 2.04. The number of methoxy groups -OCH3 is 1. The molecule has 3 nitrogen and oxygen atoms in total. The van der Waals surface area contributed by atoms with Gasteiger partial charge in [0.2, 0.25) is 0 Å². The summed E-state index contributed by atoms with van der Waals surface area (Å²) in [7, 11) is 1.77. The van der Waals surface area contributed by atoms with Gasteiger partial charge in [0.15, 0.2) is 0 Å². The smallest absolute Gasteiger partial charge is 0.0589 e. The highest BCUT2D eigenvalue weighted by atomic mass is 16.5. The Labute approximate surface area is 102 Å². The van der Waals surface area contributed by atoms with E-state index in [0.29, 0.717) is 0 Å². The molecule has 0 unspecified atom stereocenters. The van der Waals surface area contributed by atoms with Gasteiger partial charge in [-0.25, -0.2) is 0 Å². The molecule has 16 heavy (non-hydrogen) atoms. The molecule has 0 aromatic rings. The standard InChI is InChI=1S/C11H24N2O.C2H6/c1-11(2)10-13-6-4-12(5-7-13)8-9-14-3;1-2/h11H,4-10H2,1-3H3;1-2H3. The quantitative estimate of drug-likeness (QED) is 0.718. The molecule has 3 heteroatoms. The zero-order valence-corrected chi connectivity index (χ0v) is 11.8. The third-order valence-corrected chi connectivity index (χ3v) is 2.70. The molecule has 1 fully saturated rings. The molecule has 1 aliphatic heterocycles. The topological polar surface area (TPSA) is 15.7 Å². The van der Waals surface area contributed by atoms with E-state index in [1.165, 1.54) is 32.7 Å². The molecule has 0 amide bonds. The van der Waals surface area contributed by atoms with Crippen LogP contribution in [-0.2, 0) is 4.74 Å². The fraction of sp³-hybridized carbons (Fsp3) is 1.00. The van der Waals surface area contributed by atoms with Crippen molar-refractivity contribution >= 4 is 0 Å². The van der Waals surface area contributed by atoms with Crippen LogP contribution in [0.5, 0.6) is 0 Å². The molecule has 0 atom stereocenters. The van der Waals surface area contributed by atoms with E-state index < -0.39 is 0 Å². The van der Waals surface area contributed by atoms with Crippen LogP contribution in [-0.4, -0.2) is 62.8 Å². The average molecular weight is 230 g/mol. The maximum atomic E-state index is 5.08. The third kappa shape index (κ3) is 7.20. The monoisotopic (exact) mass is 230 g/mol. The molecule has 1 aliphatic rings. The molecule has 0 bridgehead atoms. The Morgan fingerprint density at radius 3 is 1.94 bits per heavy atom. The van der Waals surface area contributed by atoms with Crippen molar-refractivity contribution < 1.29 is 4.74 Å². The molecule has 0 N–H and O–H groups in total. The average Bonchev–Trinajstić information content (AvgIpc) is 2.30. The van der Waals surface area contributed by atoms with Crippen LogP contribution in [0, 0.1) is 5.92 Å². The largest absolute Gasteiger partial charge is 0.383 e. The Morgan fingerprint density at radius 1 is 1.00 bits per heavy atom. The summed E-state index contributed by atoms with van der Waals surface area (Å²) in [6, 6.07) is 0. The van der Waals surface area contributed by atoms with E-state index in [0.717, 1.165) is 19.1 Å². The van der Waals surface area contributed by atoms with E-state index in [9.17, 15) is 0 Å². The third-order valence-electron chi connectivity index (χ3n) is 2.70. The highest BCUT2D eigenvalue weighted by Gasteiger charge is 2.16. The molecule has 0 aromatic carbocycles. The van der Waals surface area contributed by atoms with Crippen LogP contribution in [0.4, 0.5) is 0 Å². The molecule has 1 saturated heterocycles. The maximum absolute atomic E-state index is 5.08. The molecule has 0 spiro atoms. The summed E-state index contributed by atoms with van der Waals surface area (Å²) in [6.07, 6.45) is 0. The minimum absolute atomic E-state index is 0.792. The van der Waals surface area contributed by atoms with E-state index in [4.69, 9.17) is 4.74 Å². The molecular weight excluding hydrogens is 200 g/mol. The summed E-state index contributed by atoms with van der Waals surface area (Å²) in [4.78, 5) is 5.05. The van der Waals surface area contributed by atoms with Gasteiger partial charge >= 0.3 is 0 Å². The predicted octanol–water partition coefficient (Wildman–Crippen LogP) is 1.93. The maximum Gasteiger partial charge on any atom is 0.0589 e. The van der Waals surface area contributed by atoms with Gasteiger partial charge in [0.05, 0.1) is 6.61 Å². The number of hydrogen-bond donors (Lipinski definition) is 0. The fourth-order valence-electron chi connectivity index (χ4n) is 1.93. The number of ether oxygens (including phenoxy) is 1.